The second-order valence-electron chi connectivity index (χ2n) is 7.73. The lowest BCUT2D eigenvalue weighted by atomic mass is 10.1. The van der Waals surface area contributed by atoms with Crippen molar-refractivity contribution in [2.45, 2.75) is 31.3 Å². The molecule has 180 valence electrons. The molecule has 34 heavy (non-hydrogen) atoms. The maximum atomic E-state index is 13.5. The lowest BCUT2D eigenvalue weighted by Gasteiger charge is -2.23. The summed E-state index contributed by atoms with van der Waals surface area (Å²) in [5.74, 6) is 0.911. The molecule has 7 nitrogen and oxygen atoms in total. The number of carbonyl (C=O) groups is 1. The molecule has 1 amide bonds. The molecule has 1 atom stereocenters. The Balaban J connectivity index is 1.79. The first-order valence-corrected chi connectivity index (χ1v) is 12.5. The summed E-state index contributed by atoms with van der Waals surface area (Å²) in [6.07, 6.45) is 0. The highest BCUT2D eigenvalue weighted by Crippen LogP contribution is 2.22. The van der Waals surface area contributed by atoms with Crippen molar-refractivity contribution in [1.29, 1.82) is 0 Å². The van der Waals surface area contributed by atoms with Crippen LogP contribution in [0.5, 0.6) is 11.5 Å². The van der Waals surface area contributed by atoms with E-state index in [1.807, 2.05) is 68.4 Å². The number of hydrogen-bond acceptors (Lipinski definition) is 5. The molecular formula is C26H30N2O5S. The average Bonchev–Trinajstić information content (AvgIpc) is 2.85. The zero-order chi connectivity index (χ0) is 24.6. The Labute approximate surface area is 201 Å². The minimum Gasteiger partial charge on any atom is -0.497 e. The van der Waals surface area contributed by atoms with Gasteiger partial charge in [0.15, 0.2) is 0 Å². The summed E-state index contributed by atoms with van der Waals surface area (Å²) < 4.78 is 38.7. The van der Waals surface area contributed by atoms with Gasteiger partial charge in [-0.1, -0.05) is 42.5 Å². The number of ether oxygens (including phenoxy) is 2. The van der Waals surface area contributed by atoms with E-state index in [2.05, 4.69) is 5.32 Å². The molecule has 3 rings (SSSR count). The second kappa shape index (κ2) is 11.7. The van der Waals surface area contributed by atoms with Crippen LogP contribution in [0.25, 0.3) is 0 Å². The van der Waals surface area contributed by atoms with Gasteiger partial charge in [0, 0.05) is 6.54 Å². The Kier molecular flexibility index (Phi) is 8.67. The molecule has 0 spiro atoms. The molecule has 0 unspecified atom stereocenters. The number of amides is 1. The van der Waals surface area contributed by atoms with Gasteiger partial charge in [-0.15, -0.1) is 0 Å². The average molecular weight is 483 g/mol. The third-order valence-electron chi connectivity index (χ3n) is 5.29. The summed E-state index contributed by atoms with van der Waals surface area (Å²) >= 11 is 0. The fourth-order valence-electron chi connectivity index (χ4n) is 3.46. The van der Waals surface area contributed by atoms with Crippen molar-refractivity contribution >= 4 is 15.9 Å². The predicted octanol–water partition coefficient (Wildman–Crippen LogP) is 4.16. The fourth-order valence-corrected chi connectivity index (χ4v) is 4.84. The van der Waals surface area contributed by atoms with Crippen molar-refractivity contribution < 1.29 is 22.7 Å². The van der Waals surface area contributed by atoms with Crippen LogP contribution in [0, 0.1) is 0 Å². The van der Waals surface area contributed by atoms with Gasteiger partial charge in [0.2, 0.25) is 15.9 Å². The van der Waals surface area contributed by atoms with E-state index in [4.69, 9.17) is 9.47 Å². The fraction of sp³-hybridized carbons (Fsp3) is 0.269. The maximum Gasteiger partial charge on any atom is 0.243 e. The smallest absolute Gasteiger partial charge is 0.243 e. The van der Waals surface area contributed by atoms with Crippen molar-refractivity contribution in [3.05, 3.63) is 90.0 Å². The topological polar surface area (TPSA) is 84.9 Å². The molecule has 3 aromatic carbocycles. The van der Waals surface area contributed by atoms with Crippen LogP contribution in [0.1, 0.15) is 31.0 Å². The van der Waals surface area contributed by atoms with Crippen molar-refractivity contribution in [3.8, 4) is 11.5 Å². The largest absolute Gasteiger partial charge is 0.497 e. The monoisotopic (exact) mass is 482 g/mol. The predicted molar refractivity (Wildman–Crippen MR) is 131 cm³/mol. The summed E-state index contributed by atoms with van der Waals surface area (Å²) in [5, 5.41) is 2.89. The molecule has 0 heterocycles. The van der Waals surface area contributed by atoms with Gasteiger partial charge >= 0.3 is 0 Å². The molecule has 1 N–H and O–H groups in total. The number of nitrogens with one attached hydrogen (secondary N) is 1. The third kappa shape index (κ3) is 6.59. The van der Waals surface area contributed by atoms with Gasteiger partial charge in [0.1, 0.15) is 11.5 Å². The van der Waals surface area contributed by atoms with E-state index in [-0.39, 0.29) is 24.0 Å². The summed E-state index contributed by atoms with van der Waals surface area (Å²) in [7, 11) is -2.35. The highest BCUT2D eigenvalue weighted by molar-refractivity contribution is 7.89. The number of hydrogen-bond donors (Lipinski definition) is 1. The maximum absolute atomic E-state index is 13.5. The van der Waals surface area contributed by atoms with E-state index < -0.39 is 15.9 Å². The zero-order valence-corrected chi connectivity index (χ0v) is 20.4. The Morgan fingerprint density at radius 2 is 1.56 bits per heavy atom. The van der Waals surface area contributed by atoms with Gasteiger partial charge in [0.25, 0.3) is 0 Å². The Bertz CT molecular complexity index is 1160. The summed E-state index contributed by atoms with van der Waals surface area (Å²) in [6, 6.07) is 22.5. The van der Waals surface area contributed by atoms with E-state index in [0.717, 1.165) is 16.9 Å². The summed E-state index contributed by atoms with van der Waals surface area (Å²) in [5.41, 5.74) is 1.67. The van der Waals surface area contributed by atoms with E-state index in [1.54, 1.807) is 19.2 Å². The van der Waals surface area contributed by atoms with Gasteiger partial charge in [0.05, 0.1) is 31.2 Å². The number of benzene rings is 3. The number of sulfonamides is 1. The Morgan fingerprint density at radius 1 is 0.941 bits per heavy atom. The first-order valence-electron chi connectivity index (χ1n) is 11.0. The van der Waals surface area contributed by atoms with Crippen LogP contribution >= 0.6 is 0 Å². The molecule has 0 aliphatic carbocycles. The van der Waals surface area contributed by atoms with Gasteiger partial charge < -0.3 is 14.8 Å². The number of carbonyl (C=O) groups excluding carboxylic acids is 1. The molecular weight excluding hydrogens is 452 g/mol. The number of rotatable bonds is 11. The molecule has 0 aliphatic heterocycles. The van der Waals surface area contributed by atoms with Crippen LogP contribution in [0.3, 0.4) is 0 Å². The SMILES string of the molecule is CCOc1ccc(S(=O)(=O)N(CC(=O)N[C@H](C)c2ccc(OC)cc2)Cc2ccccc2)cc1. The third-order valence-corrected chi connectivity index (χ3v) is 7.09. The minimum absolute atomic E-state index is 0.0702. The first-order chi connectivity index (χ1) is 16.3. The summed E-state index contributed by atoms with van der Waals surface area (Å²) in [6.45, 7) is 3.95. The quantitative estimate of drug-likeness (QED) is 0.444. The zero-order valence-electron chi connectivity index (χ0n) is 19.6. The second-order valence-corrected chi connectivity index (χ2v) is 9.66. The van der Waals surface area contributed by atoms with Crippen LogP contribution in [0.2, 0.25) is 0 Å². The molecule has 0 bridgehead atoms. The van der Waals surface area contributed by atoms with E-state index in [1.165, 1.54) is 16.4 Å². The highest BCUT2D eigenvalue weighted by atomic mass is 32.2. The lowest BCUT2D eigenvalue weighted by Crippen LogP contribution is -2.41. The Morgan fingerprint density at radius 3 is 2.15 bits per heavy atom. The van der Waals surface area contributed by atoms with Crippen molar-refractivity contribution in [3.63, 3.8) is 0 Å². The van der Waals surface area contributed by atoms with Crippen LogP contribution in [-0.2, 0) is 21.4 Å². The van der Waals surface area contributed by atoms with Gasteiger partial charge in [-0.05, 0) is 61.4 Å². The molecule has 0 aliphatic rings. The van der Waals surface area contributed by atoms with Gasteiger partial charge in [-0.3, -0.25) is 4.79 Å². The molecule has 0 radical (unpaired) electrons. The molecule has 0 fully saturated rings. The first kappa shape index (κ1) is 25.3. The molecule has 0 aromatic heterocycles. The van der Waals surface area contributed by atoms with E-state index in [9.17, 15) is 13.2 Å². The van der Waals surface area contributed by atoms with E-state index >= 15 is 0 Å². The van der Waals surface area contributed by atoms with Crippen LogP contribution in [0.4, 0.5) is 0 Å². The molecule has 3 aromatic rings. The normalized spacial score (nSPS) is 12.2. The molecule has 8 heteroatoms. The van der Waals surface area contributed by atoms with Crippen LogP contribution < -0.4 is 14.8 Å². The van der Waals surface area contributed by atoms with Gasteiger partial charge in [-0.2, -0.15) is 4.31 Å². The highest BCUT2D eigenvalue weighted by Gasteiger charge is 2.27. The Hall–Kier alpha value is -3.36. The van der Waals surface area contributed by atoms with Crippen molar-refractivity contribution in [1.82, 2.24) is 9.62 Å². The standard InChI is InChI=1S/C26H30N2O5S/c1-4-33-24-14-16-25(17-15-24)34(30,31)28(18-21-8-6-5-7-9-21)19-26(29)27-20(2)22-10-12-23(32-3)13-11-22/h5-17,20H,4,18-19H2,1-3H3,(H,27,29)/t20-/m1/s1. The molecule has 0 saturated carbocycles. The number of nitrogens with zero attached hydrogens (tertiary/aromatic N) is 1. The lowest BCUT2D eigenvalue weighted by molar-refractivity contribution is -0.122. The van der Waals surface area contributed by atoms with Crippen molar-refractivity contribution in [2.75, 3.05) is 20.3 Å². The summed E-state index contributed by atoms with van der Waals surface area (Å²) in [4.78, 5) is 13.0. The number of methoxy groups -OCH3 is 1. The minimum atomic E-state index is -3.94. The van der Waals surface area contributed by atoms with Gasteiger partial charge in [-0.25, -0.2) is 8.42 Å². The van der Waals surface area contributed by atoms with Crippen molar-refractivity contribution in [2.24, 2.45) is 0 Å². The van der Waals surface area contributed by atoms with Crippen LogP contribution in [-0.4, -0.2) is 38.9 Å². The van der Waals surface area contributed by atoms with E-state index in [0.29, 0.717) is 12.4 Å². The van der Waals surface area contributed by atoms with Crippen LogP contribution in [0.15, 0.2) is 83.8 Å². The molecule has 0 saturated heterocycles.